The molecule has 1 aliphatic heterocycles. The van der Waals surface area contributed by atoms with E-state index in [0.29, 0.717) is 19.4 Å². The highest BCUT2D eigenvalue weighted by Crippen LogP contribution is 2.18. The topological polar surface area (TPSA) is 29.5 Å². The standard InChI is InChI=1S/C6H10F2O2/c7-6(8)5-4(9)2-1-3-10-5/h4-6,9H,1-3H2/t4-,5?/m0/s1. The van der Waals surface area contributed by atoms with Crippen molar-refractivity contribution in [1.29, 1.82) is 0 Å². The molecule has 0 amide bonds. The smallest absolute Gasteiger partial charge is 0.266 e. The molecule has 1 N–H and O–H groups in total. The van der Waals surface area contributed by atoms with Crippen LogP contribution in [0, 0.1) is 0 Å². The maximum Gasteiger partial charge on any atom is 0.266 e. The third kappa shape index (κ3) is 1.64. The Labute approximate surface area is 57.8 Å². The summed E-state index contributed by atoms with van der Waals surface area (Å²) in [7, 11) is 0. The molecule has 10 heavy (non-hydrogen) atoms. The normalized spacial score (nSPS) is 34.8. The van der Waals surface area contributed by atoms with Crippen LogP contribution in [0.3, 0.4) is 0 Å². The summed E-state index contributed by atoms with van der Waals surface area (Å²) in [6.45, 7) is 0.339. The molecule has 0 saturated carbocycles. The molecule has 60 valence electrons. The van der Waals surface area contributed by atoms with Crippen LogP contribution >= 0.6 is 0 Å². The number of alkyl halides is 2. The van der Waals surface area contributed by atoms with E-state index in [2.05, 4.69) is 4.74 Å². The van der Waals surface area contributed by atoms with E-state index in [1.165, 1.54) is 0 Å². The fourth-order valence-corrected chi connectivity index (χ4v) is 1.03. The highest BCUT2D eigenvalue weighted by molar-refractivity contribution is 4.74. The lowest BCUT2D eigenvalue weighted by Gasteiger charge is -2.26. The van der Waals surface area contributed by atoms with Crippen molar-refractivity contribution in [2.45, 2.75) is 31.5 Å². The molecule has 1 unspecified atom stereocenters. The van der Waals surface area contributed by atoms with Gasteiger partial charge in [0.15, 0.2) is 0 Å². The number of aliphatic hydroxyl groups is 1. The van der Waals surface area contributed by atoms with E-state index in [-0.39, 0.29) is 0 Å². The summed E-state index contributed by atoms with van der Waals surface area (Å²) < 4.78 is 28.4. The van der Waals surface area contributed by atoms with Gasteiger partial charge in [-0.3, -0.25) is 0 Å². The number of aliphatic hydroxyl groups excluding tert-OH is 1. The molecule has 0 aliphatic carbocycles. The highest BCUT2D eigenvalue weighted by atomic mass is 19.3. The molecule has 0 aromatic carbocycles. The van der Waals surface area contributed by atoms with Gasteiger partial charge in [-0.15, -0.1) is 0 Å². The maximum absolute atomic E-state index is 11.9. The van der Waals surface area contributed by atoms with E-state index in [0.717, 1.165) is 0 Å². The first-order valence-corrected chi connectivity index (χ1v) is 3.29. The van der Waals surface area contributed by atoms with E-state index in [1.54, 1.807) is 0 Å². The van der Waals surface area contributed by atoms with E-state index < -0.39 is 18.6 Å². The largest absolute Gasteiger partial charge is 0.390 e. The number of ether oxygens (including phenoxy) is 1. The minimum Gasteiger partial charge on any atom is -0.390 e. The SMILES string of the molecule is O[C@H]1CCCOC1C(F)F. The molecule has 4 heteroatoms. The molecular formula is C6H10F2O2. The summed E-state index contributed by atoms with van der Waals surface area (Å²) in [5, 5.41) is 8.93. The fraction of sp³-hybridized carbons (Fsp3) is 1.00. The van der Waals surface area contributed by atoms with Crippen LogP contribution in [0.15, 0.2) is 0 Å². The molecule has 0 radical (unpaired) electrons. The minimum absolute atomic E-state index is 0.339. The summed E-state index contributed by atoms with van der Waals surface area (Å²) in [5.74, 6) is 0. The van der Waals surface area contributed by atoms with Crippen molar-refractivity contribution in [2.75, 3.05) is 6.61 Å². The average Bonchev–Trinajstić information content (AvgIpc) is 1.88. The zero-order valence-corrected chi connectivity index (χ0v) is 5.46. The molecule has 0 aromatic rings. The first-order chi connectivity index (χ1) is 4.72. The Kier molecular flexibility index (Phi) is 2.56. The van der Waals surface area contributed by atoms with E-state index in [4.69, 9.17) is 5.11 Å². The van der Waals surface area contributed by atoms with Gasteiger partial charge in [-0.2, -0.15) is 0 Å². The maximum atomic E-state index is 11.9. The van der Waals surface area contributed by atoms with Gasteiger partial charge in [0.05, 0.1) is 6.10 Å². The predicted octanol–water partition coefficient (Wildman–Crippen LogP) is 0.791. The van der Waals surface area contributed by atoms with Crippen LogP contribution in [0.2, 0.25) is 0 Å². The summed E-state index contributed by atoms with van der Waals surface area (Å²) in [5.41, 5.74) is 0. The van der Waals surface area contributed by atoms with Gasteiger partial charge in [0.1, 0.15) is 6.10 Å². The molecule has 2 nitrogen and oxygen atoms in total. The van der Waals surface area contributed by atoms with Gasteiger partial charge in [-0.05, 0) is 12.8 Å². The average molecular weight is 152 g/mol. The van der Waals surface area contributed by atoms with Crippen molar-refractivity contribution in [1.82, 2.24) is 0 Å². The van der Waals surface area contributed by atoms with Gasteiger partial charge in [0.2, 0.25) is 0 Å². The third-order valence-electron chi connectivity index (χ3n) is 1.58. The quantitative estimate of drug-likeness (QED) is 0.602. The van der Waals surface area contributed by atoms with Gasteiger partial charge in [-0.1, -0.05) is 0 Å². The Morgan fingerprint density at radius 2 is 2.20 bits per heavy atom. The molecule has 1 saturated heterocycles. The molecule has 0 aromatic heterocycles. The number of hydrogen-bond acceptors (Lipinski definition) is 2. The Morgan fingerprint density at radius 1 is 1.50 bits per heavy atom. The van der Waals surface area contributed by atoms with Gasteiger partial charge < -0.3 is 9.84 Å². The van der Waals surface area contributed by atoms with Crippen LogP contribution in [-0.2, 0) is 4.74 Å². The zero-order valence-electron chi connectivity index (χ0n) is 5.46. The van der Waals surface area contributed by atoms with Crippen molar-refractivity contribution in [3.05, 3.63) is 0 Å². The first kappa shape index (κ1) is 7.88. The zero-order chi connectivity index (χ0) is 7.56. The Morgan fingerprint density at radius 3 is 2.60 bits per heavy atom. The predicted molar refractivity (Wildman–Crippen MR) is 31.0 cm³/mol. The van der Waals surface area contributed by atoms with Gasteiger partial charge in [-0.25, -0.2) is 8.78 Å². The van der Waals surface area contributed by atoms with Crippen molar-refractivity contribution in [2.24, 2.45) is 0 Å². The monoisotopic (exact) mass is 152 g/mol. The molecule has 1 rings (SSSR count). The van der Waals surface area contributed by atoms with Crippen molar-refractivity contribution < 1.29 is 18.6 Å². The highest BCUT2D eigenvalue weighted by Gasteiger charge is 2.31. The second-order valence-electron chi connectivity index (χ2n) is 2.38. The van der Waals surface area contributed by atoms with Crippen LogP contribution < -0.4 is 0 Å². The second-order valence-corrected chi connectivity index (χ2v) is 2.38. The van der Waals surface area contributed by atoms with Crippen LogP contribution in [0.25, 0.3) is 0 Å². The van der Waals surface area contributed by atoms with Crippen LogP contribution in [0.1, 0.15) is 12.8 Å². The molecule has 0 bridgehead atoms. The lowest BCUT2D eigenvalue weighted by atomic mass is 10.1. The van der Waals surface area contributed by atoms with Crippen molar-refractivity contribution in [3.8, 4) is 0 Å². The first-order valence-electron chi connectivity index (χ1n) is 3.29. The summed E-state index contributed by atoms with van der Waals surface area (Å²) >= 11 is 0. The summed E-state index contributed by atoms with van der Waals surface area (Å²) in [6.07, 6.45) is -3.70. The Hall–Kier alpha value is -0.220. The van der Waals surface area contributed by atoms with E-state index in [9.17, 15) is 8.78 Å². The van der Waals surface area contributed by atoms with Crippen LogP contribution in [0.4, 0.5) is 8.78 Å². The third-order valence-corrected chi connectivity index (χ3v) is 1.58. The fourth-order valence-electron chi connectivity index (χ4n) is 1.03. The Bertz CT molecular complexity index is 108. The van der Waals surface area contributed by atoms with Gasteiger partial charge in [0.25, 0.3) is 6.43 Å². The minimum atomic E-state index is -2.56. The second kappa shape index (κ2) is 3.25. The summed E-state index contributed by atoms with van der Waals surface area (Å²) in [4.78, 5) is 0. The molecule has 1 aliphatic rings. The summed E-state index contributed by atoms with van der Waals surface area (Å²) in [6, 6.07) is 0. The molecular weight excluding hydrogens is 142 g/mol. The van der Waals surface area contributed by atoms with Crippen molar-refractivity contribution in [3.63, 3.8) is 0 Å². The lowest BCUT2D eigenvalue weighted by molar-refractivity contribution is -0.138. The molecule has 0 spiro atoms. The van der Waals surface area contributed by atoms with Gasteiger partial charge >= 0.3 is 0 Å². The van der Waals surface area contributed by atoms with Crippen LogP contribution in [0.5, 0.6) is 0 Å². The molecule has 1 heterocycles. The van der Waals surface area contributed by atoms with E-state index in [1.807, 2.05) is 0 Å². The van der Waals surface area contributed by atoms with Crippen LogP contribution in [-0.4, -0.2) is 30.3 Å². The van der Waals surface area contributed by atoms with E-state index >= 15 is 0 Å². The molecule has 1 fully saturated rings. The number of hydrogen-bond donors (Lipinski definition) is 1. The lowest BCUT2D eigenvalue weighted by Crippen LogP contribution is -2.39. The molecule has 2 atom stereocenters. The number of halogens is 2. The van der Waals surface area contributed by atoms with Crippen molar-refractivity contribution >= 4 is 0 Å². The van der Waals surface area contributed by atoms with Gasteiger partial charge in [0, 0.05) is 6.61 Å². The number of rotatable bonds is 1. The Balaban J connectivity index is 2.40.